The lowest BCUT2D eigenvalue weighted by Gasteiger charge is -2.16. The van der Waals surface area contributed by atoms with Gasteiger partial charge in [-0.1, -0.05) is 46.3 Å². The maximum Gasteiger partial charge on any atom is 0.226 e. The molecular weight excluding hydrogens is 436 g/mol. The van der Waals surface area contributed by atoms with Crippen molar-refractivity contribution in [2.45, 2.75) is 12.8 Å². The van der Waals surface area contributed by atoms with Gasteiger partial charge in [-0.05, 0) is 54.2 Å². The average Bonchev–Trinajstić information content (AvgIpc) is 2.98. The van der Waals surface area contributed by atoms with Crippen molar-refractivity contribution in [3.8, 4) is 0 Å². The highest BCUT2D eigenvalue weighted by Gasteiger charge is 2.40. The molecule has 0 radical (unpaired) electrons. The van der Waals surface area contributed by atoms with Gasteiger partial charge in [-0.15, -0.1) is 0 Å². The Hall–Kier alpha value is -1.79. The molecule has 0 saturated carbocycles. The Bertz CT molecular complexity index is 798. The van der Waals surface area contributed by atoms with Crippen molar-refractivity contribution in [2.24, 2.45) is 11.8 Å². The van der Waals surface area contributed by atoms with Crippen molar-refractivity contribution in [3.05, 3.63) is 64.6 Å². The van der Waals surface area contributed by atoms with E-state index in [1.54, 1.807) is 11.8 Å². The van der Waals surface area contributed by atoms with Gasteiger partial charge >= 0.3 is 0 Å². The molecule has 28 heavy (non-hydrogen) atoms. The Morgan fingerprint density at radius 3 is 2.57 bits per heavy atom. The molecule has 148 valence electrons. The quantitative estimate of drug-likeness (QED) is 0.632. The van der Waals surface area contributed by atoms with Gasteiger partial charge in [-0.25, -0.2) is 0 Å². The van der Waals surface area contributed by atoms with E-state index in [2.05, 4.69) is 39.6 Å². The Kier molecular flexibility index (Phi) is 7.57. The van der Waals surface area contributed by atoms with Gasteiger partial charge in [0, 0.05) is 29.7 Å². The lowest BCUT2D eigenvalue weighted by atomic mass is 9.93. The second-order valence-electron chi connectivity index (χ2n) is 7.10. The van der Waals surface area contributed by atoms with Crippen LogP contribution in [0.1, 0.15) is 12.0 Å². The van der Waals surface area contributed by atoms with Crippen LogP contribution in [-0.4, -0.2) is 41.8 Å². The minimum atomic E-state index is -0.237. The van der Waals surface area contributed by atoms with Crippen LogP contribution in [0.4, 0.5) is 5.69 Å². The molecule has 1 aliphatic rings. The summed E-state index contributed by atoms with van der Waals surface area (Å²) in [6.07, 6.45) is 3.13. The summed E-state index contributed by atoms with van der Waals surface area (Å²) in [5, 5.41) is 2.91. The molecule has 0 bridgehead atoms. The second-order valence-corrected chi connectivity index (χ2v) is 8.93. The third-order valence-corrected chi connectivity index (χ3v) is 6.37. The van der Waals surface area contributed by atoms with E-state index in [9.17, 15) is 9.59 Å². The molecule has 0 aliphatic carbocycles. The third-order valence-electron chi connectivity index (χ3n) is 5.08. The first-order valence-corrected chi connectivity index (χ1v) is 11.6. The maximum atomic E-state index is 13.0. The number of carbonyl (C=O) groups excluding carboxylic acids is 2. The van der Waals surface area contributed by atoms with Crippen molar-refractivity contribution in [3.63, 3.8) is 0 Å². The van der Waals surface area contributed by atoms with Gasteiger partial charge in [-0.3, -0.25) is 9.59 Å². The number of halogens is 1. The van der Waals surface area contributed by atoms with Gasteiger partial charge in [0.15, 0.2) is 0 Å². The highest BCUT2D eigenvalue weighted by molar-refractivity contribution is 9.10. The molecule has 6 heteroatoms. The molecule has 3 rings (SSSR count). The summed E-state index contributed by atoms with van der Waals surface area (Å²) in [6, 6.07) is 17.7. The van der Waals surface area contributed by atoms with E-state index >= 15 is 0 Å². The number of carbonyl (C=O) groups is 2. The molecule has 2 atom stereocenters. The van der Waals surface area contributed by atoms with Crippen molar-refractivity contribution in [2.75, 3.05) is 30.4 Å². The van der Waals surface area contributed by atoms with Crippen LogP contribution in [0.5, 0.6) is 0 Å². The number of thioether (sulfide) groups is 1. The first kappa shape index (κ1) is 20.9. The summed E-state index contributed by atoms with van der Waals surface area (Å²) >= 11 is 5.13. The van der Waals surface area contributed by atoms with E-state index in [1.807, 2.05) is 47.4 Å². The Balaban J connectivity index is 1.60. The summed E-state index contributed by atoms with van der Waals surface area (Å²) in [5.74, 6) is 0.884. The fraction of sp³-hybridized carbons (Fsp3) is 0.364. The molecule has 1 heterocycles. The zero-order valence-electron chi connectivity index (χ0n) is 15.9. The lowest BCUT2D eigenvalue weighted by Crippen LogP contribution is -2.30. The summed E-state index contributed by atoms with van der Waals surface area (Å²) in [7, 11) is 0. The number of benzene rings is 2. The van der Waals surface area contributed by atoms with E-state index in [-0.39, 0.29) is 30.1 Å². The van der Waals surface area contributed by atoms with Crippen LogP contribution in [0, 0.1) is 11.8 Å². The third kappa shape index (κ3) is 5.61. The number of rotatable bonds is 8. The zero-order chi connectivity index (χ0) is 19.9. The number of nitrogens with one attached hydrogen (secondary N) is 1. The monoisotopic (exact) mass is 460 g/mol. The van der Waals surface area contributed by atoms with Crippen LogP contribution in [0.2, 0.25) is 0 Å². The van der Waals surface area contributed by atoms with E-state index in [0.29, 0.717) is 6.54 Å². The van der Waals surface area contributed by atoms with Crippen LogP contribution in [0.25, 0.3) is 0 Å². The fourth-order valence-electron chi connectivity index (χ4n) is 3.63. The summed E-state index contributed by atoms with van der Waals surface area (Å²) in [5.41, 5.74) is 1.98. The van der Waals surface area contributed by atoms with Gasteiger partial charge in [0.25, 0.3) is 0 Å². The van der Waals surface area contributed by atoms with Gasteiger partial charge in [0.05, 0.1) is 5.92 Å². The van der Waals surface area contributed by atoms with Crippen LogP contribution < -0.4 is 5.32 Å². The van der Waals surface area contributed by atoms with Crippen molar-refractivity contribution in [1.29, 1.82) is 0 Å². The molecule has 1 saturated heterocycles. The van der Waals surface area contributed by atoms with Gasteiger partial charge < -0.3 is 10.2 Å². The number of likely N-dealkylation sites (tertiary alicyclic amines) is 1. The van der Waals surface area contributed by atoms with Crippen LogP contribution in [-0.2, 0) is 16.0 Å². The summed E-state index contributed by atoms with van der Waals surface area (Å²) in [4.78, 5) is 27.4. The predicted molar refractivity (Wildman–Crippen MR) is 119 cm³/mol. The topological polar surface area (TPSA) is 49.4 Å². The minimum absolute atomic E-state index is 0.100. The van der Waals surface area contributed by atoms with E-state index in [0.717, 1.165) is 28.9 Å². The highest BCUT2D eigenvalue weighted by Crippen LogP contribution is 2.30. The maximum absolute atomic E-state index is 13.0. The summed E-state index contributed by atoms with van der Waals surface area (Å²) < 4.78 is 0.963. The number of anilines is 1. The Morgan fingerprint density at radius 1 is 1.18 bits per heavy atom. The largest absolute Gasteiger partial charge is 0.342 e. The van der Waals surface area contributed by atoms with Crippen molar-refractivity contribution >= 4 is 45.2 Å². The van der Waals surface area contributed by atoms with Gasteiger partial charge in [-0.2, -0.15) is 11.8 Å². The second kappa shape index (κ2) is 10.1. The zero-order valence-corrected chi connectivity index (χ0v) is 18.3. The number of hydrogen-bond acceptors (Lipinski definition) is 3. The molecule has 0 unspecified atom stereocenters. The minimum Gasteiger partial charge on any atom is -0.342 e. The number of nitrogens with zero attached hydrogens (tertiary/aromatic N) is 1. The molecule has 2 aromatic carbocycles. The Labute approximate surface area is 179 Å². The van der Waals surface area contributed by atoms with E-state index in [1.165, 1.54) is 5.56 Å². The van der Waals surface area contributed by atoms with Crippen LogP contribution in [0.15, 0.2) is 59.1 Å². The molecule has 1 aliphatic heterocycles. The van der Waals surface area contributed by atoms with Crippen molar-refractivity contribution in [1.82, 2.24) is 4.90 Å². The SMILES string of the molecule is CSC[C@H]1CN(CCc2ccccc2)C(=O)[C@@H]1CC(=O)Nc1ccc(Br)cc1. The van der Waals surface area contributed by atoms with Crippen LogP contribution >= 0.6 is 27.7 Å². The fourth-order valence-corrected chi connectivity index (χ4v) is 4.66. The van der Waals surface area contributed by atoms with E-state index in [4.69, 9.17) is 0 Å². The van der Waals surface area contributed by atoms with Crippen LogP contribution in [0.3, 0.4) is 0 Å². The molecule has 0 spiro atoms. The molecule has 1 fully saturated rings. The highest BCUT2D eigenvalue weighted by atomic mass is 79.9. The smallest absolute Gasteiger partial charge is 0.226 e. The first-order valence-electron chi connectivity index (χ1n) is 9.44. The standard InChI is InChI=1S/C22H25BrN2O2S/c1-28-15-17-14-25(12-11-16-5-3-2-4-6-16)22(27)20(17)13-21(26)24-19-9-7-18(23)8-10-19/h2-10,17,20H,11-15H2,1H3,(H,24,26)/t17-,20-/m1/s1. The predicted octanol–water partition coefficient (Wildman–Crippen LogP) is 4.46. The molecular formula is C22H25BrN2O2S. The number of amides is 2. The first-order chi connectivity index (χ1) is 13.6. The molecule has 4 nitrogen and oxygen atoms in total. The molecule has 2 amide bonds. The normalized spacial score (nSPS) is 19.1. The van der Waals surface area contributed by atoms with Crippen molar-refractivity contribution < 1.29 is 9.59 Å². The summed E-state index contributed by atoms with van der Waals surface area (Å²) in [6.45, 7) is 1.45. The average molecular weight is 461 g/mol. The molecule has 2 aromatic rings. The van der Waals surface area contributed by atoms with Gasteiger partial charge in [0.2, 0.25) is 11.8 Å². The number of hydrogen-bond donors (Lipinski definition) is 1. The Morgan fingerprint density at radius 2 is 1.89 bits per heavy atom. The van der Waals surface area contributed by atoms with Gasteiger partial charge in [0.1, 0.15) is 0 Å². The van der Waals surface area contributed by atoms with E-state index < -0.39 is 0 Å². The molecule has 1 N–H and O–H groups in total. The molecule has 0 aromatic heterocycles. The lowest BCUT2D eigenvalue weighted by molar-refractivity contribution is -0.133.